The Morgan fingerprint density at radius 2 is 1.75 bits per heavy atom. The largest absolute Gasteiger partial charge is 0.497 e. The van der Waals surface area contributed by atoms with Gasteiger partial charge in [0.15, 0.2) is 5.41 Å². The summed E-state index contributed by atoms with van der Waals surface area (Å²) in [5, 5.41) is 4.08. The fourth-order valence-electron chi connectivity index (χ4n) is 1.62. The van der Waals surface area contributed by atoms with Crippen LogP contribution in [0, 0.1) is 5.41 Å². The molecule has 0 radical (unpaired) electrons. The molecule has 1 rings (SSSR count). The molecular formula is C10H14N2O4. The fraction of sp³-hybridized carbons (Fsp3) is 0.500. The van der Waals surface area contributed by atoms with E-state index in [0.717, 1.165) is 0 Å². The molecule has 0 atom stereocenters. The van der Waals surface area contributed by atoms with Gasteiger partial charge in [-0.25, -0.2) is 4.79 Å². The van der Waals surface area contributed by atoms with Gasteiger partial charge in [0, 0.05) is 0 Å². The normalized spacial score (nSPS) is 18.8. The minimum atomic E-state index is -1.51. The second kappa shape index (κ2) is 4.34. The van der Waals surface area contributed by atoms with Crippen LogP contribution < -0.4 is 10.6 Å². The highest BCUT2D eigenvalue weighted by Gasteiger charge is 2.52. The third kappa shape index (κ3) is 1.66. The lowest BCUT2D eigenvalue weighted by Crippen LogP contribution is -2.63. The molecular weight excluding hydrogens is 212 g/mol. The zero-order valence-electron chi connectivity index (χ0n) is 9.25. The summed E-state index contributed by atoms with van der Waals surface area (Å²) in [7, 11) is 0. The molecule has 0 aromatic rings. The van der Waals surface area contributed by atoms with Crippen LogP contribution in [0.15, 0.2) is 12.3 Å². The first-order valence-electron chi connectivity index (χ1n) is 4.98. The highest BCUT2D eigenvalue weighted by atomic mass is 16.5. The van der Waals surface area contributed by atoms with Crippen LogP contribution >= 0.6 is 0 Å². The minimum Gasteiger partial charge on any atom is -0.497 e. The van der Waals surface area contributed by atoms with Crippen molar-refractivity contribution >= 4 is 17.8 Å². The molecule has 1 saturated heterocycles. The molecule has 0 saturated carbocycles. The zero-order valence-corrected chi connectivity index (χ0v) is 9.25. The monoisotopic (exact) mass is 226 g/mol. The van der Waals surface area contributed by atoms with E-state index in [1.54, 1.807) is 13.8 Å². The van der Waals surface area contributed by atoms with E-state index in [1.165, 1.54) is 0 Å². The highest BCUT2D eigenvalue weighted by molar-refractivity contribution is 6.20. The Hall–Kier alpha value is -1.85. The van der Waals surface area contributed by atoms with Gasteiger partial charge in [0.05, 0.1) is 6.61 Å². The third-order valence-corrected chi connectivity index (χ3v) is 2.55. The summed E-state index contributed by atoms with van der Waals surface area (Å²) in [5.41, 5.74) is -1.51. The van der Waals surface area contributed by atoms with Gasteiger partial charge in [0.25, 0.3) is 11.8 Å². The average molecular weight is 226 g/mol. The van der Waals surface area contributed by atoms with E-state index in [1.807, 2.05) is 10.6 Å². The van der Waals surface area contributed by atoms with Crippen molar-refractivity contribution in [1.29, 1.82) is 0 Å². The summed E-state index contributed by atoms with van der Waals surface area (Å²) in [6.07, 6.45) is 0.177. The van der Waals surface area contributed by atoms with Crippen LogP contribution in [0.2, 0.25) is 0 Å². The van der Waals surface area contributed by atoms with Crippen LogP contribution in [0.5, 0.6) is 0 Å². The summed E-state index contributed by atoms with van der Waals surface area (Å²) < 4.78 is 5.12. The predicted octanol–water partition coefficient (Wildman–Crippen LogP) is 0.299. The predicted molar refractivity (Wildman–Crippen MR) is 55.2 cm³/mol. The molecule has 0 bridgehead atoms. The van der Waals surface area contributed by atoms with E-state index in [4.69, 9.17) is 4.74 Å². The van der Waals surface area contributed by atoms with Gasteiger partial charge in [-0.1, -0.05) is 13.5 Å². The Morgan fingerprint density at radius 1 is 1.25 bits per heavy atom. The lowest BCUT2D eigenvalue weighted by Gasteiger charge is -2.33. The average Bonchev–Trinajstić information content (AvgIpc) is 2.18. The van der Waals surface area contributed by atoms with Crippen LogP contribution in [0.1, 0.15) is 20.3 Å². The zero-order chi connectivity index (χ0) is 12.3. The first-order valence-corrected chi connectivity index (χ1v) is 4.98. The molecule has 16 heavy (non-hydrogen) atoms. The quantitative estimate of drug-likeness (QED) is 0.533. The van der Waals surface area contributed by atoms with Gasteiger partial charge < -0.3 is 4.74 Å². The molecule has 1 fully saturated rings. The molecule has 1 heterocycles. The summed E-state index contributed by atoms with van der Waals surface area (Å²) >= 11 is 0. The maximum atomic E-state index is 11.8. The Balaban J connectivity index is 3.10. The standard InChI is InChI=1S/C10H14N2O4/c1-4-10(6(3)16-5-2)7(13)11-9(15)12-8(10)14/h3-5H2,1-2H3,(H2,11,12,13,14,15). The third-order valence-electron chi connectivity index (χ3n) is 2.55. The van der Waals surface area contributed by atoms with Gasteiger partial charge in [-0.3, -0.25) is 20.2 Å². The van der Waals surface area contributed by atoms with Crippen LogP contribution in [-0.4, -0.2) is 24.5 Å². The van der Waals surface area contributed by atoms with Gasteiger partial charge in [-0.2, -0.15) is 0 Å². The van der Waals surface area contributed by atoms with Crippen molar-refractivity contribution < 1.29 is 19.1 Å². The maximum absolute atomic E-state index is 11.8. The van der Waals surface area contributed by atoms with Crippen molar-refractivity contribution in [3.8, 4) is 0 Å². The lowest BCUT2D eigenvalue weighted by molar-refractivity contribution is -0.144. The Morgan fingerprint density at radius 3 is 2.12 bits per heavy atom. The topological polar surface area (TPSA) is 84.5 Å². The molecule has 2 N–H and O–H groups in total. The van der Waals surface area contributed by atoms with Gasteiger partial charge in [0.1, 0.15) is 5.76 Å². The van der Waals surface area contributed by atoms with Crippen molar-refractivity contribution in [3.63, 3.8) is 0 Å². The van der Waals surface area contributed by atoms with Gasteiger partial charge in [0.2, 0.25) is 0 Å². The second-order valence-corrected chi connectivity index (χ2v) is 3.35. The number of barbiturate groups is 1. The summed E-state index contributed by atoms with van der Waals surface area (Å²) in [4.78, 5) is 34.4. The molecule has 6 nitrogen and oxygen atoms in total. The Labute approximate surface area is 93.0 Å². The molecule has 0 unspecified atom stereocenters. The molecule has 0 spiro atoms. The van der Waals surface area contributed by atoms with Crippen molar-refractivity contribution in [2.24, 2.45) is 5.41 Å². The number of amides is 4. The number of nitrogens with one attached hydrogen (secondary N) is 2. The fourth-order valence-corrected chi connectivity index (χ4v) is 1.62. The second-order valence-electron chi connectivity index (χ2n) is 3.35. The van der Waals surface area contributed by atoms with Crippen molar-refractivity contribution in [3.05, 3.63) is 12.3 Å². The van der Waals surface area contributed by atoms with Gasteiger partial charge in [-0.15, -0.1) is 0 Å². The summed E-state index contributed by atoms with van der Waals surface area (Å²) in [6, 6.07) is -0.816. The number of carbonyl (C=O) groups is 3. The number of urea groups is 1. The van der Waals surface area contributed by atoms with Crippen molar-refractivity contribution in [1.82, 2.24) is 10.6 Å². The molecule has 6 heteroatoms. The number of carbonyl (C=O) groups excluding carboxylic acids is 3. The van der Waals surface area contributed by atoms with E-state index >= 15 is 0 Å². The Kier molecular flexibility index (Phi) is 3.31. The highest BCUT2D eigenvalue weighted by Crippen LogP contribution is 2.33. The van der Waals surface area contributed by atoms with E-state index in [0.29, 0.717) is 6.61 Å². The minimum absolute atomic E-state index is 0.0556. The first kappa shape index (κ1) is 12.2. The number of imide groups is 2. The molecule has 0 aliphatic carbocycles. The molecule has 0 aromatic heterocycles. The maximum Gasteiger partial charge on any atom is 0.328 e. The van der Waals surface area contributed by atoms with E-state index in [-0.39, 0.29) is 12.2 Å². The Bertz CT molecular complexity index is 342. The first-order chi connectivity index (χ1) is 7.48. The summed E-state index contributed by atoms with van der Waals surface area (Å²) in [5.74, 6) is -1.33. The molecule has 0 aromatic carbocycles. The van der Waals surface area contributed by atoms with E-state index < -0.39 is 23.3 Å². The number of ether oxygens (including phenoxy) is 1. The number of hydrogen-bond acceptors (Lipinski definition) is 4. The van der Waals surface area contributed by atoms with Crippen LogP contribution in [0.25, 0.3) is 0 Å². The molecule has 88 valence electrons. The molecule has 4 amide bonds. The summed E-state index contributed by atoms with van der Waals surface area (Å²) in [6.45, 7) is 7.25. The van der Waals surface area contributed by atoms with E-state index in [9.17, 15) is 14.4 Å². The van der Waals surface area contributed by atoms with Gasteiger partial charge in [-0.05, 0) is 13.3 Å². The van der Waals surface area contributed by atoms with Crippen LogP contribution in [-0.2, 0) is 14.3 Å². The smallest absolute Gasteiger partial charge is 0.328 e. The van der Waals surface area contributed by atoms with Crippen molar-refractivity contribution in [2.45, 2.75) is 20.3 Å². The molecule has 1 aliphatic rings. The van der Waals surface area contributed by atoms with Crippen LogP contribution in [0.4, 0.5) is 4.79 Å². The molecule has 1 aliphatic heterocycles. The van der Waals surface area contributed by atoms with Crippen molar-refractivity contribution in [2.75, 3.05) is 6.61 Å². The lowest BCUT2D eigenvalue weighted by atomic mass is 9.80. The van der Waals surface area contributed by atoms with Crippen LogP contribution in [0.3, 0.4) is 0 Å². The number of hydrogen-bond donors (Lipinski definition) is 2. The number of rotatable bonds is 4. The van der Waals surface area contributed by atoms with Gasteiger partial charge >= 0.3 is 6.03 Å². The SMILES string of the molecule is C=C(OCC)C1(CC)C(=O)NC(=O)NC1=O. The van der Waals surface area contributed by atoms with E-state index in [2.05, 4.69) is 6.58 Å².